The van der Waals surface area contributed by atoms with E-state index in [2.05, 4.69) is 0 Å². The maximum Gasteiger partial charge on any atom is 0.303 e. The number of carboxylic acids is 1. The Morgan fingerprint density at radius 2 is 2.18 bits per heavy atom. The number of rotatable bonds is 6. The van der Waals surface area contributed by atoms with E-state index in [1.54, 1.807) is 7.11 Å². The lowest BCUT2D eigenvalue weighted by molar-refractivity contribution is -0.136. The Labute approximate surface area is 100 Å². The van der Waals surface area contributed by atoms with Crippen LogP contribution >= 0.6 is 0 Å². The molecule has 1 aromatic carbocycles. The molecule has 0 aliphatic heterocycles. The van der Waals surface area contributed by atoms with Crippen LogP contribution in [0, 0.1) is 0 Å². The smallest absolute Gasteiger partial charge is 0.303 e. The van der Waals surface area contributed by atoms with E-state index in [-0.39, 0.29) is 6.42 Å². The van der Waals surface area contributed by atoms with Crippen molar-refractivity contribution in [1.29, 1.82) is 0 Å². The highest BCUT2D eigenvalue weighted by atomic mass is 16.5. The summed E-state index contributed by atoms with van der Waals surface area (Å²) in [6, 6.07) is 5.58. The van der Waals surface area contributed by atoms with E-state index < -0.39 is 5.97 Å². The lowest BCUT2D eigenvalue weighted by Crippen LogP contribution is -2.01. The van der Waals surface area contributed by atoms with Gasteiger partial charge in [0.15, 0.2) is 11.5 Å². The van der Waals surface area contributed by atoms with E-state index in [4.69, 9.17) is 14.6 Å². The molecule has 0 saturated heterocycles. The fourth-order valence-electron chi connectivity index (χ4n) is 1.59. The summed E-state index contributed by atoms with van der Waals surface area (Å²) in [6.07, 6.45) is 3.12. The molecule has 0 amide bonds. The summed E-state index contributed by atoms with van der Waals surface area (Å²) in [5, 5.41) is 8.64. The van der Waals surface area contributed by atoms with Crippen LogP contribution in [0.15, 0.2) is 18.2 Å². The Morgan fingerprint density at radius 3 is 2.76 bits per heavy atom. The largest absolute Gasteiger partial charge is 0.493 e. The van der Waals surface area contributed by atoms with Gasteiger partial charge in [0.05, 0.1) is 13.2 Å². The van der Waals surface area contributed by atoms with Crippen molar-refractivity contribution in [3.63, 3.8) is 0 Å². The lowest BCUT2D eigenvalue weighted by atomic mass is 10.1. The predicted molar refractivity (Wildman–Crippen MR) is 62.6 cm³/mol. The number of hydrogen-bond donors (Lipinski definition) is 1. The maximum absolute atomic E-state index is 10.5. The van der Waals surface area contributed by atoms with Crippen molar-refractivity contribution >= 4 is 5.97 Å². The summed E-state index contributed by atoms with van der Waals surface area (Å²) in [7, 11) is 1.60. The van der Waals surface area contributed by atoms with Crippen LogP contribution < -0.4 is 9.47 Å². The third-order valence-corrected chi connectivity index (χ3v) is 2.67. The number of benzene rings is 1. The maximum atomic E-state index is 10.5. The second kappa shape index (κ2) is 5.08. The van der Waals surface area contributed by atoms with E-state index in [1.807, 2.05) is 18.2 Å². The number of aliphatic carboxylic acids is 1. The molecule has 0 spiro atoms. The quantitative estimate of drug-likeness (QED) is 0.823. The molecule has 2 rings (SSSR count). The van der Waals surface area contributed by atoms with Gasteiger partial charge in [-0.25, -0.2) is 0 Å². The molecule has 0 bridgehead atoms. The van der Waals surface area contributed by atoms with Crippen LogP contribution in [0.4, 0.5) is 0 Å². The SMILES string of the molecule is COc1ccc(CCC(=O)O)cc1OC1CC1. The van der Waals surface area contributed by atoms with Crippen LogP contribution in [0.5, 0.6) is 11.5 Å². The average Bonchev–Trinajstić information content (AvgIpc) is 3.10. The van der Waals surface area contributed by atoms with Crippen LogP contribution in [0.2, 0.25) is 0 Å². The molecule has 1 aromatic rings. The van der Waals surface area contributed by atoms with Crippen LogP contribution in [0.1, 0.15) is 24.8 Å². The Morgan fingerprint density at radius 1 is 1.41 bits per heavy atom. The molecule has 17 heavy (non-hydrogen) atoms. The zero-order chi connectivity index (χ0) is 12.3. The van der Waals surface area contributed by atoms with Gasteiger partial charge in [-0.1, -0.05) is 6.07 Å². The zero-order valence-corrected chi connectivity index (χ0v) is 9.81. The fourth-order valence-corrected chi connectivity index (χ4v) is 1.59. The minimum Gasteiger partial charge on any atom is -0.493 e. The van der Waals surface area contributed by atoms with Gasteiger partial charge in [-0.05, 0) is 37.0 Å². The standard InChI is InChI=1S/C13H16O4/c1-16-11-6-2-9(3-7-13(14)15)8-12(11)17-10-4-5-10/h2,6,8,10H,3-5,7H2,1H3,(H,14,15). The molecule has 1 fully saturated rings. The number of carbonyl (C=O) groups is 1. The molecule has 0 atom stereocenters. The lowest BCUT2D eigenvalue weighted by Gasteiger charge is -2.11. The first kappa shape index (κ1) is 11.8. The molecule has 0 aromatic heterocycles. The number of methoxy groups -OCH3 is 1. The third-order valence-electron chi connectivity index (χ3n) is 2.67. The van der Waals surface area contributed by atoms with Crippen molar-refractivity contribution in [1.82, 2.24) is 0 Å². The molecule has 0 radical (unpaired) electrons. The van der Waals surface area contributed by atoms with E-state index >= 15 is 0 Å². The minimum absolute atomic E-state index is 0.134. The van der Waals surface area contributed by atoms with Gasteiger partial charge < -0.3 is 14.6 Å². The molecule has 0 heterocycles. The van der Waals surface area contributed by atoms with Crippen molar-refractivity contribution in [3.05, 3.63) is 23.8 Å². The first-order valence-electron chi connectivity index (χ1n) is 5.74. The number of hydrogen-bond acceptors (Lipinski definition) is 3. The monoisotopic (exact) mass is 236 g/mol. The van der Waals surface area contributed by atoms with Crippen LogP contribution in [0.25, 0.3) is 0 Å². The van der Waals surface area contributed by atoms with Crippen LogP contribution in [0.3, 0.4) is 0 Å². The number of ether oxygens (including phenoxy) is 2. The highest BCUT2D eigenvalue weighted by Crippen LogP contribution is 2.34. The summed E-state index contributed by atoms with van der Waals surface area (Å²) in [6.45, 7) is 0. The molecule has 1 saturated carbocycles. The van der Waals surface area contributed by atoms with Gasteiger partial charge in [0.2, 0.25) is 0 Å². The van der Waals surface area contributed by atoms with Gasteiger partial charge in [-0.15, -0.1) is 0 Å². The van der Waals surface area contributed by atoms with Gasteiger partial charge >= 0.3 is 5.97 Å². The second-order valence-corrected chi connectivity index (χ2v) is 4.20. The minimum atomic E-state index is -0.787. The number of aryl methyl sites for hydroxylation is 1. The summed E-state index contributed by atoms with van der Waals surface area (Å²) < 4.78 is 10.9. The Kier molecular flexibility index (Phi) is 3.52. The normalized spacial score (nSPS) is 14.4. The van der Waals surface area contributed by atoms with Gasteiger partial charge in [0.1, 0.15) is 0 Å². The van der Waals surface area contributed by atoms with Crippen molar-refractivity contribution in [3.8, 4) is 11.5 Å². The molecule has 4 heteroatoms. The van der Waals surface area contributed by atoms with Gasteiger partial charge in [0.25, 0.3) is 0 Å². The first-order chi connectivity index (χ1) is 8.19. The van der Waals surface area contributed by atoms with Crippen molar-refractivity contribution < 1.29 is 19.4 Å². The summed E-state index contributed by atoms with van der Waals surface area (Å²) >= 11 is 0. The van der Waals surface area contributed by atoms with E-state index in [9.17, 15) is 4.79 Å². The fraction of sp³-hybridized carbons (Fsp3) is 0.462. The molecular formula is C13H16O4. The summed E-state index contributed by atoms with van der Waals surface area (Å²) in [5.41, 5.74) is 0.962. The van der Waals surface area contributed by atoms with Crippen LogP contribution in [-0.2, 0) is 11.2 Å². The molecule has 1 aliphatic rings. The molecular weight excluding hydrogens is 220 g/mol. The van der Waals surface area contributed by atoms with E-state index in [0.717, 1.165) is 24.2 Å². The Balaban J connectivity index is 2.09. The zero-order valence-electron chi connectivity index (χ0n) is 9.81. The summed E-state index contributed by atoms with van der Waals surface area (Å²) in [5.74, 6) is 0.638. The second-order valence-electron chi connectivity index (χ2n) is 4.20. The molecule has 0 unspecified atom stereocenters. The van der Waals surface area contributed by atoms with Gasteiger partial charge in [-0.3, -0.25) is 4.79 Å². The molecule has 1 N–H and O–H groups in total. The Hall–Kier alpha value is -1.71. The third kappa shape index (κ3) is 3.37. The van der Waals surface area contributed by atoms with Crippen molar-refractivity contribution in [2.45, 2.75) is 31.8 Å². The topological polar surface area (TPSA) is 55.8 Å². The number of carboxylic acid groups (broad SMARTS) is 1. The molecule has 1 aliphatic carbocycles. The highest BCUT2D eigenvalue weighted by Gasteiger charge is 2.24. The first-order valence-corrected chi connectivity index (χ1v) is 5.74. The molecule has 92 valence electrons. The summed E-state index contributed by atoms with van der Waals surface area (Å²) in [4.78, 5) is 10.5. The predicted octanol–water partition coefficient (Wildman–Crippen LogP) is 2.25. The molecule has 4 nitrogen and oxygen atoms in total. The van der Waals surface area contributed by atoms with Crippen molar-refractivity contribution in [2.24, 2.45) is 0 Å². The van der Waals surface area contributed by atoms with Gasteiger partial charge in [0, 0.05) is 6.42 Å². The average molecular weight is 236 g/mol. The Bertz CT molecular complexity index is 410. The van der Waals surface area contributed by atoms with E-state index in [0.29, 0.717) is 18.3 Å². The van der Waals surface area contributed by atoms with Gasteiger partial charge in [-0.2, -0.15) is 0 Å². The van der Waals surface area contributed by atoms with Crippen molar-refractivity contribution in [2.75, 3.05) is 7.11 Å². The highest BCUT2D eigenvalue weighted by molar-refractivity contribution is 5.67. The van der Waals surface area contributed by atoms with E-state index in [1.165, 1.54) is 0 Å². The van der Waals surface area contributed by atoms with Crippen LogP contribution in [-0.4, -0.2) is 24.3 Å².